The van der Waals surface area contributed by atoms with Gasteiger partial charge in [-0.3, -0.25) is 4.79 Å². The maximum Gasteiger partial charge on any atom is 0.251 e. The molecule has 0 aromatic carbocycles. The van der Waals surface area contributed by atoms with E-state index in [2.05, 4.69) is 24.1 Å². The van der Waals surface area contributed by atoms with Crippen LogP contribution < -0.4 is 11.1 Å². The van der Waals surface area contributed by atoms with E-state index in [0.717, 1.165) is 31.4 Å². The summed E-state index contributed by atoms with van der Waals surface area (Å²) in [6.07, 6.45) is 7.61. The zero-order chi connectivity index (χ0) is 14.6. The van der Waals surface area contributed by atoms with Crippen LogP contribution in [0.25, 0.3) is 0 Å². The summed E-state index contributed by atoms with van der Waals surface area (Å²) in [5.74, 6) is 0.399. The van der Waals surface area contributed by atoms with Gasteiger partial charge in [-0.05, 0) is 38.3 Å². The normalized spacial score (nSPS) is 17.7. The summed E-state index contributed by atoms with van der Waals surface area (Å²) < 4.78 is 0. The van der Waals surface area contributed by atoms with Gasteiger partial charge in [0.2, 0.25) is 0 Å². The van der Waals surface area contributed by atoms with Gasteiger partial charge < -0.3 is 11.1 Å². The van der Waals surface area contributed by atoms with Gasteiger partial charge in [-0.15, -0.1) is 0 Å². The highest BCUT2D eigenvalue weighted by Gasteiger charge is 2.28. The van der Waals surface area contributed by atoms with Gasteiger partial charge in [0.05, 0.1) is 0 Å². The number of nitrogen functional groups attached to an aromatic ring is 1. The molecule has 0 aliphatic heterocycles. The van der Waals surface area contributed by atoms with Crippen LogP contribution in [0.15, 0.2) is 12.1 Å². The molecule has 1 aliphatic carbocycles. The number of hydrogen-bond acceptors (Lipinski definition) is 3. The van der Waals surface area contributed by atoms with E-state index in [1.54, 1.807) is 6.07 Å². The summed E-state index contributed by atoms with van der Waals surface area (Å²) in [5, 5.41) is 3.19. The van der Waals surface area contributed by atoms with E-state index in [9.17, 15) is 4.79 Å². The number of nitrogens with one attached hydrogen (secondary N) is 1. The SMILES string of the molecule is CCCc1cc(C(=O)NC2(C)CCCCC2)cc(N)n1. The second-order valence-electron chi connectivity index (χ2n) is 6.10. The first-order valence-electron chi connectivity index (χ1n) is 7.61. The van der Waals surface area contributed by atoms with Gasteiger partial charge >= 0.3 is 0 Å². The van der Waals surface area contributed by atoms with Gasteiger partial charge in [0, 0.05) is 16.8 Å². The second-order valence-corrected chi connectivity index (χ2v) is 6.10. The van der Waals surface area contributed by atoms with Crippen LogP contribution in [0.3, 0.4) is 0 Å². The molecule has 0 atom stereocenters. The molecule has 0 bridgehead atoms. The molecule has 0 saturated heterocycles. The first-order chi connectivity index (χ1) is 9.52. The van der Waals surface area contributed by atoms with Crippen molar-refractivity contribution in [2.24, 2.45) is 0 Å². The molecule has 1 amide bonds. The molecule has 3 N–H and O–H groups in total. The third-order valence-electron chi connectivity index (χ3n) is 4.04. The van der Waals surface area contributed by atoms with Crippen molar-refractivity contribution in [1.82, 2.24) is 10.3 Å². The number of anilines is 1. The van der Waals surface area contributed by atoms with E-state index < -0.39 is 0 Å². The smallest absolute Gasteiger partial charge is 0.251 e. The monoisotopic (exact) mass is 275 g/mol. The molecule has 4 nitrogen and oxygen atoms in total. The van der Waals surface area contributed by atoms with E-state index in [0.29, 0.717) is 11.4 Å². The summed E-state index contributed by atoms with van der Waals surface area (Å²) in [6.45, 7) is 4.23. The fraction of sp³-hybridized carbons (Fsp3) is 0.625. The highest BCUT2D eigenvalue weighted by molar-refractivity contribution is 5.95. The minimum atomic E-state index is -0.0711. The van der Waals surface area contributed by atoms with Crippen molar-refractivity contribution < 1.29 is 4.79 Å². The molecule has 4 heteroatoms. The first-order valence-corrected chi connectivity index (χ1v) is 7.61. The molecule has 1 aromatic rings. The maximum atomic E-state index is 12.4. The van der Waals surface area contributed by atoms with Crippen LogP contribution >= 0.6 is 0 Å². The predicted molar refractivity (Wildman–Crippen MR) is 81.6 cm³/mol. The van der Waals surface area contributed by atoms with Crippen molar-refractivity contribution in [2.75, 3.05) is 5.73 Å². The van der Waals surface area contributed by atoms with Crippen LogP contribution in [-0.2, 0) is 6.42 Å². The van der Waals surface area contributed by atoms with Crippen molar-refractivity contribution in [3.63, 3.8) is 0 Å². The minimum Gasteiger partial charge on any atom is -0.384 e. The summed E-state index contributed by atoms with van der Waals surface area (Å²) >= 11 is 0. The van der Waals surface area contributed by atoms with Gasteiger partial charge in [0.25, 0.3) is 5.91 Å². The topological polar surface area (TPSA) is 68.0 Å². The van der Waals surface area contributed by atoms with Gasteiger partial charge in [-0.1, -0.05) is 32.6 Å². The zero-order valence-corrected chi connectivity index (χ0v) is 12.5. The van der Waals surface area contributed by atoms with E-state index in [4.69, 9.17) is 5.73 Å². The summed E-state index contributed by atoms with van der Waals surface area (Å²) in [5.41, 5.74) is 7.26. The molecule has 1 aromatic heterocycles. The molecule has 2 rings (SSSR count). The summed E-state index contributed by atoms with van der Waals surface area (Å²) in [4.78, 5) is 16.7. The molecule has 1 heterocycles. The number of rotatable bonds is 4. The Labute approximate surface area is 121 Å². The number of nitrogens with zero attached hydrogens (tertiary/aromatic N) is 1. The Kier molecular flexibility index (Phi) is 4.63. The van der Waals surface area contributed by atoms with Crippen molar-refractivity contribution in [2.45, 2.75) is 64.3 Å². The average Bonchev–Trinajstić information content (AvgIpc) is 2.38. The van der Waals surface area contributed by atoms with Crippen molar-refractivity contribution >= 4 is 11.7 Å². The fourth-order valence-corrected chi connectivity index (χ4v) is 2.93. The highest BCUT2D eigenvalue weighted by atomic mass is 16.1. The Bertz CT molecular complexity index is 479. The summed E-state index contributed by atoms with van der Waals surface area (Å²) in [7, 11) is 0. The lowest BCUT2D eigenvalue weighted by atomic mass is 9.83. The lowest BCUT2D eigenvalue weighted by Crippen LogP contribution is -2.47. The van der Waals surface area contributed by atoms with Crippen LogP contribution in [0, 0.1) is 0 Å². The number of nitrogens with two attached hydrogens (primary N) is 1. The van der Waals surface area contributed by atoms with Gasteiger partial charge in [0.1, 0.15) is 5.82 Å². The number of hydrogen-bond donors (Lipinski definition) is 2. The van der Waals surface area contributed by atoms with Crippen LogP contribution in [0.5, 0.6) is 0 Å². The first kappa shape index (κ1) is 14.8. The van der Waals surface area contributed by atoms with E-state index in [-0.39, 0.29) is 11.4 Å². The Morgan fingerprint density at radius 3 is 2.70 bits per heavy atom. The second kappa shape index (κ2) is 6.25. The van der Waals surface area contributed by atoms with Gasteiger partial charge in [-0.2, -0.15) is 0 Å². The van der Waals surface area contributed by atoms with Crippen LogP contribution in [-0.4, -0.2) is 16.4 Å². The van der Waals surface area contributed by atoms with Crippen LogP contribution in [0.2, 0.25) is 0 Å². The molecule has 1 saturated carbocycles. The predicted octanol–water partition coefficient (Wildman–Crippen LogP) is 3.07. The molecular formula is C16H25N3O. The van der Waals surface area contributed by atoms with Gasteiger partial charge in [0.15, 0.2) is 0 Å². The molecule has 0 unspecified atom stereocenters. The minimum absolute atomic E-state index is 0.0270. The van der Waals surface area contributed by atoms with Gasteiger partial charge in [-0.25, -0.2) is 4.98 Å². The zero-order valence-electron chi connectivity index (χ0n) is 12.5. The number of carbonyl (C=O) groups excluding carboxylic acids is 1. The van der Waals surface area contributed by atoms with E-state index >= 15 is 0 Å². The lowest BCUT2D eigenvalue weighted by molar-refractivity contribution is 0.0882. The highest BCUT2D eigenvalue weighted by Crippen LogP contribution is 2.28. The molecule has 0 radical (unpaired) electrons. The van der Waals surface area contributed by atoms with Crippen molar-refractivity contribution in [3.05, 3.63) is 23.4 Å². The number of pyridine rings is 1. The molecule has 1 aliphatic rings. The molecule has 0 spiro atoms. The van der Waals surface area contributed by atoms with E-state index in [1.165, 1.54) is 19.3 Å². The Morgan fingerprint density at radius 1 is 1.35 bits per heavy atom. The number of aryl methyl sites for hydroxylation is 1. The molecular weight excluding hydrogens is 250 g/mol. The third kappa shape index (κ3) is 3.71. The Balaban J connectivity index is 2.12. The largest absolute Gasteiger partial charge is 0.384 e. The van der Waals surface area contributed by atoms with Crippen LogP contribution in [0.1, 0.15) is 68.4 Å². The quantitative estimate of drug-likeness (QED) is 0.887. The maximum absolute atomic E-state index is 12.4. The summed E-state index contributed by atoms with van der Waals surface area (Å²) in [6, 6.07) is 3.53. The molecule has 110 valence electrons. The number of amides is 1. The van der Waals surface area contributed by atoms with E-state index in [1.807, 2.05) is 6.07 Å². The van der Waals surface area contributed by atoms with Crippen molar-refractivity contribution in [3.8, 4) is 0 Å². The Hall–Kier alpha value is -1.58. The standard InChI is InChI=1S/C16H25N3O/c1-3-7-13-10-12(11-14(17)18-13)15(20)19-16(2)8-5-4-6-9-16/h10-11H,3-9H2,1-2H3,(H2,17,18)(H,19,20). The Morgan fingerprint density at radius 2 is 2.05 bits per heavy atom. The number of carbonyl (C=O) groups is 1. The van der Waals surface area contributed by atoms with Crippen LogP contribution in [0.4, 0.5) is 5.82 Å². The lowest BCUT2D eigenvalue weighted by Gasteiger charge is -2.34. The molecule has 20 heavy (non-hydrogen) atoms. The number of aromatic nitrogens is 1. The molecule has 1 fully saturated rings. The fourth-order valence-electron chi connectivity index (χ4n) is 2.93. The van der Waals surface area contributed by atoms with Crippen molar-refractivity contribution in [1.29, 1.82) is 0 Å². The average molecular weight is 275 g/mol. The third-order valence-corrected chi connectivity index (χ3v) is 4.04.